The molecule has 1 atom stereocenters. The van der Waals surface area contributed by atoms with Gasteiger partial charge in [-0.25, -0.2) is 0 Å². The number of nitrogens with two attached hydrogens (primary N) is 1. The molecule has 1 aliphatic rings. The molecule has 0 spiro atoms. The summed E-state index contributed by atoms with van der Waals surface area (Å²) in [4.78, 5) is 2.98. The van der Waals surface area contributed by atoms with Crippen LogP contribution in [0.1, 0.15) is 24.8 Å². The molecule has 0 amide bonds. The largest absolute Gasteiger partial charge is 0.392 e. The molecule has 1 aromatic carbocycles. The van der Waals surface area contributed by atoms with Crippen molar-refractivity contribution in [3.63, 3.8) is 0 Å². The number of thiocarbonyl (C=S) groups is 1. The van der Waals surface area contributed by atoms with Crippen LogP contribution in [0.2, 0.25) is 5.02 Å². The molecule has 0 saturated carbocycles. The van der Waals surface area contributed by atoms with E-state index in [0.717, 1.165) is 24.5 Å². The number of hydrogen-bond acceptors (Lipinski definition) is 2. The lowest BCUT2D eigenvalue weighted by molar-refractivity contribution is 0.184. The van der Waals surface area contributed by atoms with E-state index < -0.39 is 0 Å². The van der Waals surface area contributed by atoms with Crippen molar-refractivity contribution in [1.29, 1.82) is 0 Å². The summed E-state index contributed by atoms with van der Waals surface area (Å²) < 4.78 is 0. The third kappa shape index (κ3) is 3.41. The molecule has 0 aromatic heterocycles. The van der Waals surface area contributed by atoms with Gasteiger partial charge >= 0.3 is 0 Å². The first kappa shape index (κ1) is 12.8. The van der Waals surface area contributed by atoms with E-state index in [1.807, 2.05) is 18.2 Å². The Morgan fingerprint density at radius 2 is 2.29 bits per heavy atom. The van der Waals surface area contributed by atoms with E-state index in [1.54, 1.807) is 0 Å². The van der Waals surface area contributed by atoms with Gasteiger partial charge in [0.15, 0.2) is 0 Å². The van der Waals surface area contributed by atoms with Crippen molar-refractivity contribution in [2.45, 2.75) is 31.8 Å². The van der Waals surface area contributed by atoms with E-state index in [-0.39, 0.29) is 6.04 Å². The molecule has 1 aromatic rings. The maximum atomic E-state index is 5.99. The van der Waals surface area contributed by atoms with Crippen LogP contribution < -0.4 is 5.73 Å². The standard InChI is InChI=1S/C13H17ClN2S/c14-11-5-3-4-10(8-11)9-16-7-2-1-6-12(16)13(15)17/h3-5,8,12H,1-2,6-7,9H2,(H2,15,17). The Hall–Kier alpha value is -0.640. The van der Waals surface area contributed by atoms with E-state index in [9.17, 15) is 0 Å². The minimum atomic E-state index is 0.248. The molecule has 2 nitrogen and oxygen atoms in total. The first-order chi connectivity index (χ1) is 8.16. The van der Waals surface area contributed by atoms with Gasteiger partial charge in [0.1, 0.15) is 0 Å². The molecule has 1 unspecified atom stereocenters. The van der Waals surface area contributed by atoms with Crippen LogP contribution in [0.25, 0.3) is 0 Å². The minimum absolute atomic E-state index is 0.248. The van der Waals surface area contributed by atoms with Crippen molar-refractivity contribution >= 4 is 28.8 Å². The molecule has 1 aliphatic heterocycles. The van der Waals surface area contributed by atoms with Crippen molar-refractivity contribution in [2.75, 3.05) is 6.54 Å². The number of hydrogen-bond donors (Lipinski definition) is 1. The molecule has 0 bridgehead atoms. The summed E-state index contributed by atoms with van der Waals surface area (Å²) in [7, 11) is 0. The minimum Gasteiger partial charge on any atom is -0.392 e. The second kappa shape index (κ2) is 5.80. The van der Waals surface area contributed by atoms with Crippen LogP contribution in [0, 0.1) is 0 Å². The second-order valence-corrected chi connectivity index (χ2v) is 5.42. The predicted octanol–water partition coefficient (Wildman–Crippen LogP) is 2.98. The quantitative estimate of drug-likeness (QED) is 0.855. The van der Waals surface area contributed by atoms with Crippen LogP contribution in [-0.2, 0) is 6.54 Å². The van der Waals surface area contributed by atoms with Gasteiger partial charge in [0.05, 0.1) is 11.0 Å². The smallest absolute Gasteiger partial charge is 0.0902 e. The fraction of sp³-hybridized carbons (Fsp3) is 0.462. The van der Waals surface area contributed by atoms with Crippen LogP contribution in [0.3, 0.4) is 0 Å². The molecule has 0 aliphatic carbocycles. The first-order valence-electron chi connectivity index (χ1n) is 5.94. The van der Waals surface area contributed by atoms with Crippen LogP contribution in [-0.4, -0.2) is 22.5 Å². The van der Waals surface area contributed by atoms with E-state index in [4.69, 9.17) is 29.6 Å². The summed E-state index contributed by atoms with van der Waals surface area (Å²) in [5, 5.41) is 0.784. The summed E-state index contributed by atoms with van der Waals surface area (Å²) in [5.74, 6) is 0. The Morgan fingerprint density at radius 3 is 3.00 bits per heavy atom. The molecule has 1 saturated heterocycles. The van der Waals surface area contributed by atoms with Gasteiger partial charge in [-0.3, -0.25) is 4.90 Å². The maximum absolute atomic E-state index is 5.99. The lowest BCUT2D eigenvalue weighted by atomic mass is 10.0. The third-order valence-electron chi connectivity index (χ3n) is 3.22. The number of halogens is 1. The highest BCUT2D eigenvalue weighted by Gasteiger charge is 2.24. The van der Waals surface area contributed by atoms with Crippen molar-refractivity contribution in [3.05, 3.63) is 34.9 Å². The molecular weight excluding hydrogens is 252 g/mol. The van der Waals surface area contributed by atoms with Gasteiger partial charge in [-0.1, -0.05) is 42.4 Å². The molecular formula is C13H17ClN2S. The zero-order chi connectivity index (χ0) is 12.3. The molecule has 2 N–H and O–H groups in total. The van der Waals surface area contributed by atoms with E-state index >= 15 is 0 Å². The summed E-state index contributed by atoms with van der Waals surface area (Å²) in [6, 6.07) is 8.23. The molecule has 1 fully saturated rings. The van der Waals surface area contributed by atoms with Gasteiger partial charge in [-0.2, -0.15) is 0 Å². The predicted molar refractivity (Wildman–Crippen MR) is 76.3 cm³/mol. The van der Waals surface area contributed by atoms with Crippen molar-refractivity contribution in [2.24, 2.45) is 5.73 Å². The molecule has 17 heavy (non-hydrogen) atoms. The monoisotopic (exact) mass is 268 g/mol. The lowest BCUT2D eigenvalue weighted by Gasteiger charge is -2.35. The average Bonchev–Trinajstić information content (AvgIpc) is 2.29. The highest BCUT2D eigenvalue weighted by molar-refractivity contribution is 7.80. The molecule has 0 radical (unpaired) electrons. The second-order valence-electron chi connectivity index (χ2n) is 4.51. The van der Waals surface area contributed by atoms with Gasteiger partial charge < -0.3 is 5.73 Å². The Kier molecular flexibility index (Phi) is 4.37. The van der Waals surface area contributed by atoms with Gasteiger partial charge in [-0.05, 0) is 37.1 Å². The van der Waals surface area contributed by atoms with Gasteiger partial charge in [-0.15, -0.1) is 0 Å². The highest BCUT2D eigenvalue weighted by atomic mass is 35.5. The van der Waals surface area contributed by atoms with Crippen molar-refractivity contribution < 1.29 is 0 Å². The Balaban J connectivity index is 2.08. The number of rotatable bonds is 3. The maximum Gasteiger partial charge on any atom is 0.0902 e. The number of benzene rings is 1. The van der Waals surface area contributed by atoms with E-state index in [0.29, 0.717) is 4.99 Å². The van der Waals surface area contributed by atoms with E-state index in [1.165, 1.54) is 18.4 Å². The fourth-order valence-corrected chi connectivity index (χ4v) is 2.85. The zero-order valence-corrected chi connectivity index (χ0v) is 11.3. The van der Waals surface area contributed by atoms with Crippen molar-refractivity contribution in [1.82, 2.24) is 4.90 Å². The number of likely N-dealkylation sites (tertiary alicyclic amines) is 1. The molecule has 4 heteroatoms. The summed E-state index contributed by atoms with van der Waals surface area (Å²) in [5.41, 5.74) is 7.03. The lowest BCUT2D eigenvalue weighted by Crippen LogP contribution is -2.46. The Labute approximate surface area is 113 Å². The van der Waals surface area contributed by atoms with Crippen LogP contribution in [0.5, 0.6) is 0 Å². The average molecular weight is 269 g/mol. The number of piperidine rings is 1. The fourth-order valence-electron chi connectivity index (χ4n) is 2.37. The number of nitrogens with zero attached hydrogens (tertiary/aromatic N) is 1. The van der Waals surface area contributed by atoms with Crippen molar-refractivity contribution in [3.8, 4) is 0 Å². The summed E-state index contributed by atoms with van der Waals surface area (Å²) >= 11 is 11.1. The molecule has 2 rings (SSSR count). The Bertz CT molecular complexity index is 408. The highest BCUT2D eigenvalue weighted by Crippen LogP contribution is 2.21. The van der Waals surface area contributed by atoms with Gasteiger partial charge in [0.25, 0.3) is 0 Å². The summed E-state index contributed by atoms with van der Waals surface area (Å²) in [6.07, 6.45) is 3.52. The third-order valence-corrected chi connectivity index (χ3v) is 3.72. The molecule has 92 valence electrons. The zero-order valence-electron chi connectivity index (χ0n) is 9.73. The summed E-state index contributed by atoms with van der Waals surface area (Å²) in [6.45, 7) is 1.94. The normalized spacial score (nSPS) is 21.4. The van der Waals surface area contributed by atoms with E-state index in [2.05, 4.69) is 11.0 Å². The van der Waals surface area contributed by atoms with Gasteiger partial charge in [0.2, 0.25) is 0 Å². The van der Waals surface area contributed by atoms with Crippen LogP contribution >= 0.6 is 23.8 Å². The topological polar surface area (TPSA) is 29.3 Å². The van der Waals surface area contributed by atoms with Crippen LogP contribution in [0.15, 0.2) is 24.3 Å². The Morgan fingerprint density at radius 1 is 1.47 bits per heavy atom. The SMILES string of the molecule is NC(=S)C1CCCCN1Cc1cccc(Cl)c1. The molecule has 1 heterocycles. The van der Waals surface area contributed by atoms with Crippen LogP contribution in [0.4, 0.5) is 0 Å². The first-order valence-corrected chi connectivity index (χ1v) is 6.73. The van der Waals surface area contributed by atoms with Gasteiger partial charge in [0, 0.05) is 11.6 Å².